The van der Waals surface area contributed by atoms with Crippen molar-refractivity contribution in [3.63, 3.8) is 0 Å². The van der Waals surface area contributed by atoms with Crippen molar-refractivity contribution in [2.24, 2.45) is 0 Å². The Morgan fingerprint density at radius 3 is 2.63 bits per heavy atom. The van der Waals surface area contributed by atoms with Gasteiger partial charge in [-0.05, 0) is 37.6 Å². The number of rotatable bonds is 6. The molecule has 1 aromatic carbocycles. The van der Waals surface area contributed by atoms with Crippen molar-refractivity contribution in [3.05, 3.63) is 47.1 Å². The Morgan fingerprint density at radius 1 is 1.32 bits per heavy atom. The quantitative estimate of drug-likeness (QED) is 0.837. The van der Waals surface area contributed by atoms with E-state index in [1.54, 1.807) is 17.0 Å². The Balaban J connectivity index is 2.03. The predicted octanol–water partition coefficient (Wildman–Crippen LogP) is 3.16. The summed E-state index contributed by atoms with van der Waals surface area (Å²) in [6, 6.07) is 8.39. The van der Waals surface area contributed by atoms with Crippen LogP contribution in [0.4, 0.5) is 5.69 Å². The number of imidazole rings is 1. The van der Waals surface area contributed by atoms with E-state index in [1.807, 2.05) is 24.3 Å². The Morgan fingerprint density at radius 2 is 2.05 bits per heavy atom. The third-order valence-corrected chi connectivity index (χ3v) is 3.20. The maximum absolute atomic E-state index is 11.5. The van der Waals surface area contributed by atoms with Crippen LogP contribution in [0.2, 0.25) is 0 Å². The van der Waals surface area contributed by atoms with E-state index in [4.69, 9.17) is 0 Å². The molecule has 2 aromatic rings. The lowest BCUT2D eigenvalue weighted by atomic mass is 10.1. The Kier molecular flexibility index (Phi) is 4.44. The zero-order valence-electron chi connectivity index (χ0n) is 11.5. The van der Waals surface area contributed by atoms with Gasteiger partial charge in [0.25, 0.3) is 0 Å². The minimum absolute atomic E-state index is 0.114. The van der Waals surface area contributed by atoms with Gasteiger partial charge in [0, 0.05) is 24.1 Å². The molecule has 0 bridgehead atoms. The molecule has 0 aliphatic rings. The highest BCUT2D eigenvalue weighted by molar-refractivity contribution is 5.49. The molecule has 1 unspecified atom stereocenters. The van der Waals surface area contributed by atoms with Gasteiger partial charge >= 0.3 is 5.69 Å². The summed E-state index contributed by atoms with van der Waals surface area (Å²) >= 11 is 0. The van der Waals surface area contributed by atoms with Crippen LogP contribution in [0, 0.1) is 0 Å². The summed E-state index contributed by atoms with van der Waals surface area (Å²) in [6.45, 7) is 4.40. The van der Waals surface area contributed by atoms with Crippen LogP contribution in [0.3, 0.4) is 0 Å². The van der Waals surface area contributed by atoms with Gasteiger partial charge in [0.05, 0.1) is 5.69 Å². The summed E-state index contributed by atoms with van der Waals surface area (Å²) in [7, 11) is 0. The predicted molar refractivity (Wildman–Crippen MR) is 79.0 cm³/mol. The number of unbranched alkanes of at least 4 members (excludes halogenated alkanes) is 1. The van der Waals surface area contributed by atoms with Crippen LogP contribution in [-0.2, 0) is 0 Å². The number of aromatic amines is 1. The van der Waals surface area contributed by atoms with Gasteiger partial charge in [0.1, 0.15) is 0 Å². The van der Waals surface area contributed by atoms with Crippen molar-refractivity contribution in [2.45, 2.75) is 39.2 Å². The molecule has 0 saturated heterocycles. The molecule has 102 valence electrons. The van der Waals surface area contributed by atoms with Crippen LogP contribution in [-0.4, -0.2) is 15.6 Å². The molecular formula is C15H21N3O. The fraction of sp³-hybridized carbons (Fsp3) is 0.400. The van der Waals surface area contributed by atoms with Crippen LogP contribution in [0.1, 0.15) is 33.1 Å². The maximum atomic E-state index is 11.5. The lowest BCUT2D eigenvalue weighted by Crippen LogP contribution is -2.15. The van der Waals surface area contributed by atoms with Gasteiger partial charge in [-0.3, -0.25) is 4.57 Å². The van der Waals surface area contributed by atoms with Crippen molar-refractivity contribution < 1.29 is 0 Å². The fourth-order valence-corrected chi connectivity index (χ4v) is 2.11. The second-order valence-electron chi connectivity index (χ2n) is 4.87. The molecule has 1 atom stereocenters. The van der Waals surface area contributed by atoms with Crippen molar-refractivity contribution in [2.75, 3.05) is 5.32 Å². The van der Waals surface area contributed by atoms with Crippen molar-refractivity contribution in [1.82, 2.24) is 9.55 Å². The molecule has 1 heterocycles. The molecule has 4 heteroatoms. The number of nitrogens with one attached hydrogen (secondary N) is 2. The number of hydrogen-bond acceptors (Lipinski definition) is 2. The number of H-pyrrole nitrogens is 1. The highest BCUT2D eigenvalue weighted by atomic mass is 16.1. The average molecular weight is 259 g/mol. The number of benzene rings is 1. The summed E-state index contributed by atoms with van der Waals surface area (Å²) < 4.78 is 1.59. The number of anilines is 1. The SMILES string of the molecule is CCCCC(C)Nc1ccc(-n2cc[nH]c2=O)cc1. The Labute approximate surface area is 113 Å². The van der Waals surface area contributed by atoms with E-state index < -0.39 is 0 Å². The molecule has 0 spiro atoms. The van der Waals surface area contributed by atoms with E-state index >= 15 is 0 Å². The topological polar surface area (TPSA) is 49.8 Å². The molecule has 0 aliphatic heterocycles. The third-order valence-electron chi connectivity index (χ3n) is 3.20. The summed E-state index contributed by atoms with van der Waals surface area (Å²) in [5.74, 6) is 0. The van der Waals surface area contributed by atoms with E-state index in [9.17, 15) is 4.79 Å². The van der Waals surface area contributed by atoms with Gasteiger partial charge in [-0.25, -0.2) is 4.79 Å². The van der Waals surface area contributed by atoms with Crippen LogP contribution in [0.25, 0.3) is 5.69 Å². The van der Waals surface area contributed by atoms with Crippen LogP contribution in [0.5, 0.6) is 0 Å². The van der Waals surface area contributed by atoms with Gasteiger partial charge in [-0.1, -0.05) is 19.8 Å². The molecular weight excluding hydrogens is 238 g/mol. The highest BCUT2D eigenvalue weighted by Crippen LogP contribution is 2.14. The highest BCUT2D eigenvalue weighted by Gasteiger charge is 2.03. The standard InChI is InChI=1S/C15H21N3O/c1-3-4-5-12(2)17-13-6-8-14(9-7-13)18-11-10-16-15(18)19/h6-12,17H,3-5H2,1-2H3,(H,16,19). The van der Waals surface area contributed by atoms with Gasteiger partial charge in [0.2, 0.25) is 0 Å². The monoisotopic (exact) mass is 259 g/mol. The molecule has 0 saturated carbocycles. The summed E-state index contributed by atoms with van der Waals surface area (Å²) in [4.78, 5) is 14.1. The molecule has 0 radical (unpaired) electrons. The molecule has 0 aliphatic carbocycles. The summed E-state index contributed by atoms with van der Waals surface area (Å²) in [5.41, 5.74) is 1.85. The van der Waals surface area contributed by atoms with Gasteiger partial charge < -0.3 is 10.3 Å². The zero-order valence-corrected chi connectivity index (χ0v) is 11.5. The molecule has 0 amide bonds. The smallest absolute Gasteiger partial charge is 0.330 e. The van der Waals surface area contributed by atoms with Crippen molar-refractivity contribution in [1.29, 1.82) is 0 Å². The van der Waals surface area contributed by atoms with E-state index in [-0.39, 0.29) is 5.69 Å². The fourth-order valence-electron chi connectivity index (χ4n) is 2.11. The third kappa shape index (κ3) is 3.50. The number of aromatic nitrogens is 2. The van der Waals surface area contributed by atoms with E-state index in [1.165, 1.54) is 19.3 Å². The number of hydrogen-bond donors (Lipinski definition) is 2. The molecule has 4 nitrogen and oxygen atoms in total. The molecule has 1 aromatic heterocycles. The minimum atomic E-state index is -0.114. The lowest BCUT2D eigenvalue weighted by molar-refractivity contribution is 0.645. The first-order valence-electron chi connectivity index (χ1n) is 6.83. The minimum Gasteiger partial charge on any atom is -0.383 e. The van der Waals surface area contributed by atoms with Gasteiger partial charge in [-0.15, -0.1) is 0 Å². The first kappa shape index (κ1) is 13.5. The first-order chi connectivity index (χ1) is 9.20. The van der Waals surface area contributed by atoms with Crippen LogP contribution >= 0.6 is 0 Å². The Bertz CT molecular complexity index is 553. The summed E-state index contributed by atoms with van der Waals surface area (Å²) in [5, 5.41) is 3.47. The van der Waals surface area contributed by atoms with Crippen molar-refractivity contribution in [3.8, 4) is 5.69 Å². The molecule has 2 rings (SSSR count). The van der Waals surface area contributed by atoms with Crippen molar-refractivity contribution >= 4 is 5.69 Å². The van der Waals surface area contributed by atoms with E-state index in [2.05, 4.69) is 24.1 Å². The lowest BCUT2D eigenvalue weighted by Gasteiger charge is -2.15. The zero-order chi connectivity index (χ0) is 13.7. The maximum Gasteiger partial charge on any atom is 0.330 e. The Hall–Kier alpha value is -1.97. The molecule has 19 heavy (non-hydrogen) atoms. The average Bonchev–Trinajstić information content (AvgIpc) is 2.83. The van der Waals surface area contributed by atoms with E-state index in [0.29, 0.717) is 6.04 Å². The number of nitrogens with zero attached hydrogens (tertiary/aromatic N) is 1. The first-order valence-corrected chi connectivity index (χ1v) is 6.83. The van der Waals surface area contributed by atoms with Gasteiger partial charge in [0.15, 0.2) is 0 Å². The normalized spacial score (nSPS) is 12.3. The van der Waals surface area contributed by atoms with Crippen LogP contribution in [0.15, 0.2) is 41.5 Å². The van der Waals surface area contributed by atoms with E-state index in [0.717, 1.165) is 11.4 Å². The molecule has 2 N–H and O–H groups in total. The van der Waals surface area contributed by atoms with Crippen LogP contribution < -0.4 is 11.0 Å². The summed E-state index contributed by atoms with van der Waals surface area (Å²) in [6.07, 6.45) is 7.01. The second kappa shape index (κ2) is 6.27. The molecule has 0 fully saturated rings. The van der Waals surface area contributed by atoms with Gasteiger partial charge in [-0.2, -0.15) is 0 Å². The largest absolute Gasteiger partial charge is 0.383 e. The second-order valence-corrected chi connectivity index (χ2v) is 4.87.